The fraction of sp³-hybridized carbons (Fsp3) is 0.136. The fourth-order valence-corrected chi connectivity index (χ4v) is 3.61. The summed E-state index contributed by atoms with van der Waals surface area (Å²) < 4.78 is 10.6. The SMILES string of the molecule is COc1ccccc1C1/C(=C(\O)c2ccc(Cl)cc2)C(=O)C(=O)N1c1cc(C)on1. The molecule has 1 fully saturated rings. The molecule has 1 N–H and O–H groups in total. The number of ether oxygens (including phenoxy) is 1. The third-order valence-electron chi connectivity index (χ3n) is 4.86. The van der Waals surface area contributed by atoms with E-state index in [9.17, 15) is 14.7 Å². The molecule has 4 rings (SSSR count). The van der Waals surface area contributed by atoms with Crippen LogP contribution >= 0.6 is 11.6 Å². The van der Waals surface area contributed by atoms with Gasteiger partial charge in [0.15, 0.2) is 5.82 Å². The van der Waals surface area contributed by atoms with E-state index in [4.69, 9.17) is 20.9 Å². The van der Waals surface area contributed by atoms with E-state index in [0.717, 1.165) is 0 Å². The Hall–Kier alpha value is -3.58. The number of aryl methyl sites for hydroxylation is 1. The van der Waals surface area contributed by atoms with Crippen molar-refractivity contribution in [1.29, 1.82) is 0 Å². The maximum atomic E-state index is 13.0. The number of hydrogen-bond donors (Lipinski definition) is 1. The molecule has 3 aromatic rings. The summed E-state index contributed by atoms with van der Waals surface area (Å²) in [6.45, 7) is 1.68. The number of ketones is 1. The Morgan fingerprint density at radius 2 is 1.87 bits per heavy atom. The molecule has 8 heteroatoms. The summed E-state index contributed by atoms with van der Waals surface area (Å²) in [5.74, 6) is -0.877. The molecule has 7 nitrogen and oxygen atoms in total. The standard InChI is InChI=1S/C22H17ClN2O5/c1-12-11-17(24-30-12)25-19(15-5-3-4-6-16(15)29-2)18(21(27)22(25)28)20(26)13-7-9-14(23)10-8-13/h3-11,19,26H,1-2H3/b20-18+. The van der Waals surface area contributed by atoms with Gasteiger partial charge in [-0.25, -0.2) is 0 Å². The van der Waals surface area contributed by atoms with E-state index in [0.29, 0.717) is 27.7 Å². The number of rotatable bonds is 4. The lowest BCUT2D eigenvalue weighted by Gasteiger charge is -2.24. The maximum Gasteiger partial charge on any atom is 0.301 e. The van der Waals surface area contributed by atoms with Crippen molar-refractivity contribution in [3.63, 3.8) is 0 Å². The van der Waals surface area contributed by atoms with Gasteiger partial charge >= 0.3 is 5.91 Å². The molecule has 2 aromatic carbocycles. The number of benzene rings is 2. The second kappa shape index (κ2) is 7.68. The summed E-state index contributed by atoms with van der Waals surface area (Å²) in [7, 11) is 1.49. The third-order valence-corrected chi connectivity index (χ3v) is 5.11. The van der Waals surface area contributed by atoms with Crippen LogP contribution in [0, 0.1) is 6.92 Å². The second-order valence-corrected chi connectivity index (χ2v) is 7.15. The molecule has 1 unspecified atom stereocenters. The van der Waals surface area contributed by atoms with Crippen molar-refractivity contribution < 1.29 is 24.0 Å². The average molecular weight is 425 g/mol. The van der Waals surface area contributed by atoms with Gasteiger partial charge in [0.2, 0.25) is 0 Å². The van der Waals surface area contributed by atoms with Gasteiger partial charge in [0.1, 0.15) is 23.3 Å². The van der Waals surface area contributed by atoms with Crippen LogP contribution in [-0.4, -0.2) is 29.1 Å². The number of nitrogens with zero attached hydrogens (tertiary/aromatic N) is 2. The molecule has 30 heavy (non-hydrogen) atoms. The zero-order chi connectivity index (χ0) is 21.4. The molecule has 0 aliphatic carbocycles. The van der Waals surface area contributed by atoms with Gasteiger partial charge in [-0.2, -0.15) is 0 Å². The number of carbonyl (C=O) groups is 2. The van der Waals surface area contributed by atoms with Crippen LogP contribution in [0.1, 0.15) is 22.9 Å². The number of methoxy groups -OCH3 is 1. The summed E-state index contributed by atoms with van der Waals surface area (Å²) in [6.07, 6.45) is 0. The molecule has 1 aromatic heterocycles. The van der Waals surface area contributed by atoms with E-state index >= 15 is 0 Å². The summed E-state index contributed by atoms with van der Waals surface area (Å²) in [5, 5.41) is 15.4. The molecule has 1 saturated heterocycles. The topological polar surface area (TPSA) is 92.9 Å². The van der Waals surface area contributed by atoms with E-state index in [2.05, 4.69) is 5.16 Å². The highest BCUT2D eigenvalue weighted by molar-refractivity contribution is 6.51. The molecule has 0 spiro atoms. The molecule has 0 saturated carbocycles. The minimum Gasteiger partial charge on any atom is -0.507 e. The van der Waals surface area contributed by atoms with Gasteiger partial charge in [-0.1, -0.05) is 35.0 Å². The van der Waals surface area contributed by atoms with E-state index < -0.39 is 17.7 Å². The first-order valence-electron chi connectivity index (χ1n) is 9.05. The van der Waals surface area contributed by atoms with Crippen LogP contribution in [0.2, 0.25) is 5.02 Å². The van der Waals surface area contributed by atoms with Gasteiger partial charge in [0, 0.05) is 22.2 Å². The first-order chi connectivity index (χ1) is 14.4. The number of hydrogen-bond acceptors (Lipinski definition) is 6. The molecule has 1 aliphatic heterocycles. The predicted molar refractivity (Wildman–Crippen MR) is 110 cm³/mol. The first kappa shape index (κ1) is 19.7. The largest absolute Gasteiger partial charge is 0.507 e. The predicted octanol–water partition coefficient (Wildman–Crippen LogP) is 4.27. The van der Waals surface area contributed by atoms with Crippen molar-refractivity contribution in [3.05, 3.63) is 82.1 Å². The van der Waals surface area contributed by atoms with Crippen LogP contribution in [0.5, 0.6) is 5.75 Å². The van der Waals surface area contributed by atoms with Gasteiger partial charge in [0.25, 0.3) is 5.78 Å². The summed E-state index contributed by atoms with van der Waals surface area (Å²) >= 11 is 5.94. The Bertz CT molecular complexity index is 1170. The van der Waals surface area contributed by atoms with Crippen LogP contribution in [0.25, 0.3) is 5.76 Å². The first-order valence-corrected chi connectivity index (χ1v) is 9.43. The van der Waals surface area contributed by atoms with Crippen LogP contribution in [0.15, 0.2) is 64.7 Å². The molecule has 1 amide bonds. The van der Waals surface area contributed by atoms with Crippen LogP contribution in [-0.2, 0) is 9.59 Å². The lowest BCUT2D eigenvalue weighted by molar-refractivity contribution is -0.132. The molecule has 1 atom stereocenters. The van der Waals surface area contributed by atoms with E-state index in [-0.39, 0.29) is 17.2 Å². The number of carbonyl (C=O) groups excluding carboxylic acids is 2. The Morgan fingerprint density at radius 3 is 2.50 bits per heavy atom. The quantitative estimate of drug-likeness (QED) is 0.382. The molecule has 2 heterocycles. The number of anilines is 1. The monoisotopic (exact) mass is 424 g/mol. The number of Topliss-reactive ketones (excluding diaryl/α,β-unsaturated/α-hetero) is 1. The summed E-state index contributed by atoms with van der Waals surface area (Å²) in [4.78, 5) is 27.2. The van der Waals surface area contributed by atoms with E-state index in [1.54, 1.807) is 61.5 Å². The van der Waals surface area contributed by atoms with Crippen molar-refractivity contribution in [3.8, 4) is 5.75 Å². The normalized spacial score (nSPS) is 18.1. The van der Waals surface area contributed by atoms with Crippen molar-refractivity contribution >= 4 is 34.9 Å². The Kier molecular flexibility index (Phi) is 5.05. The third kappa shape index (κ3) is 3.23. The second-order valence-electron chi connectivity index (χ2n) is 6.71. The van der Waals surface area contributed by atoms with Gasteiger partial charge in [-0.3, -0.25) is 14.5 Å². The van der Waals surface area contributed by atoms with Crippen molar-refractivity contribution in [1.82, 2.24) is 5.16 Å². The smallest absolute Gasteiger partial charge is 0.301 e. The number of aliphatic hydroxyl groups excluding tert-OH is 1. The number of amides is 1. The van der Waals surface area contributed by atoms with Crippen LogP contribution in [0.3, 0.4) is 0 Å². The number of para-hydroxylation sites is 1. The number of halogens is 1. The number of aliphatic hydroxyl groups is 1. The Morgan fingerprint density at radius 1 is 1.17 bits per heavy atom. The van der Waals surface area contributed by atoms with E-state index in [1.807, 2.05) is 0 Å². The van der Waals surface area contributed by atoms with Crippen molar-refractivity contribution in [2.75, 3.05) is 12.0 Å². The van der Waals surface area contributed by atoms with Gasteiger partial charge in [0.05, 0.1) is 12.7 Å². The maximum absolute atomic E-state index is 13.0. The van der Waals surface area contributed by atoms with E-state index in [1.165, 1.54) is 12.0 Å². The van der Waals surface area contributed by atoms with Gasteiger partial charge in [-0.05, 0) is 37.3 Å². The lowest BCUT2D eigenvalue weighted by Crippen LogP contribution is -2.29. The average Bonchev–Trinajstić information content (AvgIpc) is 3.29. The van der Waals surface area contributed by atoms with Crippen LogP contribution < -0.4 is 9.64 Å². The summed E-state index contributed by atoms with van der Waals surface area (Å²) in [5.41, 5.74) is 0.802. The minimum absolute atomic E-state index is 0.0764. The van der Waals surface area contributed by atoms with Gasteiger partial charge < -0.3 is 14.4 Å². The fourth-order valence-electron chi connectivity index (χ4n) is 3.49. The zero-order valence-corrected chi connectivity index (χ0v) is 16.9. The van der Waals surface area contributed by atoms with Crippen LogP contribution in [0.4, 0.5) is 5.82 Å². The Labute approximate surface area is 177 Å². The highest BCUT2D eigenvalue weighted by Gasteiger charge is 2.49. The molecular formula is C22H17ClN2O5. The highest BCUT2D eigenvalue weighted by atomic mass is 35.5. The number of aromatic nitrogens is 1. The molecule has 0 radical (unpaired) electrons. The van der Waals surface area contributed by atoms with Gasteiger partial charge in [-0.15, -0.1) is 0 Å². The molecular weight excluding hydrogens is 408 g/mol. The molecule has 0 bridgehead atoms. The van der Waals surface area contributed by atoms with Crippen molar-refractivity contribution in [2.24, 2.45) is 0 Å². The van der Waals surface area contributed by atoms with Crippen molar-refractivity contribution in [2.45, 2.75) is 13.0 Å². The Balaban J connectivity index is 1.98. The molecule has 152 valence electrons. The minimum atomic E-state index is -0.957. The molecule has 1 aliphatic rings. The highest BCUT2D eigenvalue weighted by Crippen LogP contribution is 2.44. The summed E-state index contributed by atoms with van der Waals surface area (Å²) in [6, 6.07) is 13.9. The lowest BCUT2D eigenvalue weighted by atomic mass is 9.94. The zero-order valence-electron chi connectivity index (χ0n) is 16.1.